The second-order valence-corrected chi connectivity index (χ2v) is 7.78. The quantitative estimate of drug-likeness (QED) is 0.492. The van der Waals surface area contributed by atoms with Crippen LogP contribution in [0.15, 0.2) is 66.7 Å². The van der Waals surface area contributed by atoms with Crippen molar-refractivity contribution < 1.29 is 53.4 Å². The summed E-state index contributed by atoms with van der Waals surface area (Å²) in [5.41, 5.74) is 3.37. The number of hydrogen-bond acceptors (Lipinski definition) is 4. The van der Waals surface area contributed by atoms with Gasteiger partial charge in [-0.25, -0.2) is 4.39 Å². The number of halogens is 1. The number of aliphatic carboxylic acids is 1. The predicted molar refractivity (Wildman–Crippen MR) is 117 cm³/mol. The number of benzene rings is 3. The summed E-state index contributed by atoms with van der Waals surface area (Å²) in [7, 11) is 0. The molecule has 0 saturated carbocycles. The van der Waals surface area contributed by atoms with Gasteiger partial charge in [-0.2, -0.15) is 0 Å². The molecule has 0 saturated heterocycles. The first-order chi connectivity index (χ1) is 15.5. The van der Waals surface area contributed by atoms with Crippen LogP contribution >= 0.6 is 0 Å². The molecule has 3 aromatic carbocycles. The van der Waals surface area contributed by atoms with E-state index in [1.54, 1.807) is 29.2 Å². The van der Waals surface area contributed by atoms with Gasteiger partial charge in [-0.3, -0.25) is 4.79 Å². The second kappa shape index (κ2) is 11.5. The first kappa shape index (κ1) is 25.0. The SMILES string of the molecule is O=C([O-])CCc1ccc(COc2cccc3c2N(C(=O)c2ccccc2)CCC3)cc1F.[Na+]. The zero-order chi connectivity index (χ0) is 22.5. The monoisotopic (exact) mass is 455 g/mol. The molecule has 0 aliphatic carbocycles. The van der Waals surface area contributed by atoms with Gasteiger partial charge in [0.1, 0.15) is 18.2 Å². The Kier molecular flexibility index (Phi) is 8.67. The molecular formula is C26H23FNNaO4. The van der Waals surface area contributed by atoms with Crippen molar-refractivity contribution in [1.29, 1.82) is 0 Å². The fourth-order valence-corrected chi connectivity index (χ4v) is 3.95. The van der Waals surface area contributed by atoms with E-state index in [-0.39, 0.29) is 54.9 Å². The van der Waals surface area contributed by atoms with Crippen LogP contribution in [0.1, 0.15) is 39.9 Å². The molecule has 33 heavy (non-hydrogen) atoms. The molecule has 0 radical (unpaired) electrons. The number of fused-ring (bicyclic) bond motifs is 1. The van der Waals surface area contributed by atoms with Crippen molar-refractivity contribution >= 4 is 17.6 Å². The average Bonchev–Trinajstić information content (AvgIpc) is 2.81. The van der Waals surface area contributed by atoms with Crippen molar-refractivity contribution in [2.75, 3.05) is 11.4 Å². The number of carboxylic acids is 1. The first-order valence-corrected chi connectivity index (χ1v) is 10.6. The molecule has 0 atom stereocenters. The van der Waals surface area contributed by atoms with Crippen LogP contribution in [0.2, 0.25) is 0 Å². The first-order valence-electron chi connectivity index (χ1n) is 10.6. The summed E-state index contributed by atoms with van der Waals surface area (Å²) in [6, 6.07) is 19.5. The third-order valence-electron chi connectivity index (χ3n) is 5.56. The molecule has 1 aliphatic rings. The number of anilines is 1. The van der Waals surface area contributed by atoms with Crippen LogP contribution in [0.3, 0.4) is 0 Å². The van der Waals surface area contributed by atoms with Crippen LogP contribution in [0.4, 0.5) is 10.1 Å². The molecule has 1 aliphatic heterocycles. The number of nitrogens with zero attached hydrogens (tertiary/aromatic N) is 1. The van der Waals surface area contributed by atoms with E-state index in [0.29, 0.717) is 29.0 Å². The van der Waals surface area contributed by atoms with Gasteiger partial charge in [0.25, 0.3) is 5.91 Å². The Labute approximate surface area is 214 Å². The Hall–Kier alpha value is -2.67. The molecule has 0 aromatic heterocycles. The molecule has 0 N–H and O–H groups in total. The third kappa shape index (κ3) is 6.02. The number of aryl methyl sites for hydroxylation is 2. The summed E-state index contributed by atoms with van der Waals surface area (Å²) in [4.78, 5) is 25.5. The molecule has 0 bridgehead atoms. The second-order valence-electron chi connectivity index (χ2n) is 7.78. The molecule has 4 rings (SSSR count). The number of carboxylic acid groups (broad SMARTS) is 1. The normalized spacial score (nSPS) is 12.5. The minimum absolute atomic E-state index is 0. The van der Waals surface area contributed by atoms with Gasteiger partial charge < -0.3 is 19.5 Å². The summed E-state index contributed by atoms with van der Waals surface area (Å²) in [5.74, 6) is -1.18. The summed E-state index contributed by atoms with van der Waals surface area (Å²) < 4.78 is 20.4. The molecule has 0 unspecified atom stereocenters. The van der Waals surface area contributed by atoms with E-state index >= 15 is 0 Å². The average molecular weight is 455 g/mol. The summed E-state index contributed by atoms with van der Waals surface area (Å²) in [6.07, 6.45) is 1.58. The van der Waals surface area contributed by atoms with Crippen LogP contribution in [0.25, 0.3) is 0 Å². The van der Waals surface area contributed by atoms with Gasteiger partial charge in [-0.05, 0) is 66.6 Å². The van der Waals surface area contributed by atoms with Gasteiger partial charge in [-0.15, -0.1) is 0 Å². The van der Waals surface area contributed by atoms with Gasteiger partial charge in [0.05, 0.1) is 5.69 Å². The van der Waals surface area contributed by atoms with Gasteiger partial charge >= 0.3 is 29.6 Å². The van der Waals surface area contributed by atoms with Crippen molar-refractivity contribution in [3.05, 3.63) is 94.8 Å². The number of carbonyl (C=O) groups is 2. The Morgan fingerprint density at radius 2 is 1.82 bits per heavy atom. The Morgan fingerprint density at radius 1 is 1.03 bits per heavy atom. The standard InChI is InChI=1S/C26H24FNO4.Na/c27-22-16-18(11-12-19(22)13-14-24(29)30)17-32-23-10-4-8-20-9-5-15-28(25(20)23)26(31)21-6-2-1-3-7-21;/h1-4,6-8,10-12,16H,5,9,13-15,17H2,(H,29,30);/q;+1/p-1. The largest absolute Gasteiger partial charge is 1.00 e. The van der Waals surface area contributed by atoms with E-state index in [0.717, 1.165) is 24.1 Å². The Bertz CT molecular complexity index is 1140. The number of para-hydroxylation sites is 1. The summed E-state index contributed by atoms with van der Waals surface area (Å²) in [6.45, 7) is 0.727. The Balaban J connectivity index is 0.00000306. The van der Waals surface area contributed by atoms with Gasteiger partial charge in [0.2, 0.25) is 0 Å². The van der Waals surface area contributed by atoms with Crippen molar-refractivity contribution in [1.82, 2.24) is 0 Å². The van der Waals surface area contributed by atoms with Crippen molar-refractivity contribution in [3.63, 3.8) is 0 Å². The molecule has 1 heterocycles. The summed E-state index contributed by atoms with van der Waals surface area (Å²) >= 11 is 0. The van der Waals surface area contributed by atoms with Crippen molar-refractivity contribution in [3.8, 4) is 5.75 Å². The molecule has 5 nitrogen and oxygen atoms in total. The molecular weight excluding hydrogens is 432 g/mol. The third-order valence-corrected chi connectivity index (χ3v) is 5.56. The topological polar surface area (TPSA) is 69.7 Å². The smallest absolute Gasteiger partial charge is 0.550 e. The van der Waals surface area contributed by atoms with Crippen LogP contribution < -0.4 is 44.3 Å². The van der Waals surface area contributed by atoms with Crippen molar-refractivity contribution in [2.24, 2.45) is 0 Å². The molecule has 3 aromatic rings. The number of ether oxygens (including phenoxy) is 1. The number of amides is 1. The minimum Gasteiger partial charge on any atom is -0.550 e. The molecule has 0 fully saturated rings. The molecule has 0 spiro atoms. The van der Waals surface area contributed by atoms with E-state index in [1.165, 1.54) is 6.07 Å². The van der Waals surface area contributed by atoms with E-state index in [4.69, 9.17) is 4.74 Å². The fourth-order valence-electron chi connectivity index (χ4n) is 3.95. The van der Waals surface area contributed by atoms with Gasteiger partial charge in [-0.1, -0.05) is 42.5 Å². The maximum atomic E-state index is 14.3. The van der Waals surface area contributed by atoms with Crippen LogP contribution in [0.5, 0.6) is 5.75 Å². The van der Waals surface area contributed by atoms with E-state index < -0.39 is 11.8 Å². The van der Waals surface area contributed by atoms with E-state index in [9.17, 15) is 19.1 Å². The van der Waals surface area contributed by atoms with E-state index in [2.05, 4.69) is 0 Å². The number of rotatable bonds is 7. The molecule has 7 heteroatoms. The maximum Gasteiger partial charge on any atom is 1.00 e. The van der Waals surface area contributed by atoms with Gasteiger partial charge in [0.15, 0.2) is 0 Å². The maximum absolute atomic E-state index is 14.3. The number of carbonyl (C=O) groups excluding carboxylic acids is 2. The zero-order valence-electron chi connectivity index (χ0n) is 18.6. The predicted octanol–water partition coefficient (Wildman–Crippen LogP) is 0.684. The van der Waals surface area contributed by atoms with E-state index in [1.807, 2.05) is 36.4 Å². The Morgan fingerprint density at radius 3 is 2.55 bits per heavy atom. The fraction of sp³-hybridized carbons (Fsp3) is 0.231. The van der Waals surface area contributed by atoms with Gasteiger partial charge in [0, 0.05) is 18.1 Å². The zero-order valence-corrected chi connectivity index (χ0v) is 20.6. The van der Waals surface area contributed by atoms with Crippen LogP contribution in [-0.4, -0.2) is 18.4 Å². The molecule has 1 amide bonds. The minimum atomic E-state index is -1.21. The summed E-state index contributed by atoms with van der Waals surface area (Å²) in [5, 5.41) is 10.6. The van der Waals surface area contributed by atoms with Crippen LogP contribution in [0, 0.1) is 5.82 Å². The van der Waals surface area contributed by atoms with Crippen molar-refractivity contribution in [2.45, 2.75) is 32.3 Å². The molecule has 164 valence electrons. The number of hydrogen-bond donors (Lipinski definition) is 0. The van der Waals surface area contributed by atoms with Crippen LogP contribution in [-0.2, 0) is 24.2 Å².